The molecule has 0 saturated heterocycles. The van der Waals surface area contributed by atoms with Crippen LogP contribution in [0.1, 0.15) is 13.8 Å². The Balaban J connectivity index is 2.72. The van der Waals surface area contributed by atoms with Crippen LogP contribution in [0.5, 0.6) is 0 Å². The van der Waals surface area contributed by atoms with Crippen LogP contribution < -0.4 is 0 Å². The summed E-state index contributed by atoms with van der Waals surface area (Å²) in [7, 11) is -0.851. The molecule has 0 spiro atoms. The van der Waals surface area contributed by atoms with Gasteiger partial charge >= 0.3 is 0 Å². The van der Waals surface area contributed by atoms with Gasteiger partial charge in [-0.15, -0.1) is 0 Å². The van der Waals surface area contributed by atoms with Crippen molar-refractivity contribution >= 4 is 9.76 Å². The molecule has 0 unspecified atom stereocenters. The highest BCUT2D eigenvalue weighted by molar-refractivity contribution is 6.24. The molecule has 0 bridgehead atoms. The van der Waals surface area contributed by atoms with Crippen molar-refractivity contribution in [2.24, 2.45) is 5.92 Å². The van der Waals surface area contributed by atoms with Crippen molar-refractivity contribution in [2.45, 2.75) is 13.8 Å². The Bertz CT molecular complexity index is 47.7. The molecule has 1 N–H and O–H groups in total. The van der Waals surface area contributed by atoms with Gasteiger partial charge in [-0.1, -0.05) is 13.8 Å². The Morgan fingerprint density at radius 1 is 1.62 bits per heavy atom. The van der Waals surface area contributed by atoms with Crippen molar-refractivity contribution in [1.29, 1.82) is 0 Å². The van der Waals surface area contributed by atoms with E-state index >= 15 is 0 Å². The molecule has 0 rings (SSSR count). The van der Waals surface area contributed by atoms with Crippen LogP contribution in [-0.4, -0.2) is 27.4 Å². The second-order valence-corrected chi connectivity index (χ2v) is 3.05. The molecule has 0 aliphatic heterocycles. The van der Waals surface area contributed by atoms with Gasteiger partial charge in [-0.05, 0) is 5.92 Å². The van der Waals surface area contributed by atoms with E-state index < -0.39 is 9.76 Å². The van der Waals surface area contributed by atoms with Gasteiger partial charge in [0.05, 0.1) is 6.23 Å². The molecule has 0 fully saturated rings. The van der Waals surface area contributed by atoms with Crippen molar-refractivity contribution < 1.29 is 9.53 Å². The number of rotatable bonds is 4. The molecule has 50 valence electrons. The summed E-state index contributed by atoms with van der Waals surface area (Å²) in [6.07, 6.45) is 0.609. The van der Waals surface area contributed by atoms with Crippen LogP contribution in [0.3, 0.4) is 0 Å². The van der Waals surface area contributed by atoms with Crippen molar-refractivity contribution in [2.75, 3.05) is 12.8 Å². The summed E-state index contributed by atoms with van der Waals surface area (Å²) in [5.74, 6) is 0.593. The summed E-state index contributed by atoms with van der Waals surface area (Å²) < 4.78 is 5.06. The predicted molar refractivity (Wildman–Crippen MR) is 36.4 cm³/mol. The Kier molecular flexibility index (Phi) is 5.37. The molecular formula is C5H14O2Si. The third-order valence-corrected chi connectivity index (χ3v) is 1.16. The fourth-order valence-electron chi connectivity index (χ4n) is 0.384. The highest BCUT2D eigenvalue weighted by Gasteiger charge is 1.90. The van der Waals surface area contributed by atoms with Crippen LogP contribution in [0.2, 0.25) is 0 Å². The van der Waals surface area contributed by atoms with Gasteiger partial charge in [-0.25, -0.2) is 0 Å². The minimum Gasteiger partial charge on any atom is -0.436 e. The van der Waals surface area contributed by atoms with E-state index in [1.165, 1.54) is 0 Å². The van der Waals surface area contributed by atoms with Gasteiger partial charge in [-0.2, -0.15) is 0 Å². The largest absolute Gasteiger partial charge is 0.436 e. The maximum atomic E-state index is 8.39. The van der Waals surface area contributed by atoms with E-state index in [0.29, 0.717) is 12.1 Å². The lowest BCUT2D eigenvalue weighted by Crippen LogP contribution is -2.07. The van der Waals surface area contributed by atoms with E-state index in [1.54, 1.807) is 0 Å². The standard InChI is InChI=1S/C5H14O2Si/c1-5(2)3-7-4-8-6/h5-6H,3-4,8H2,1-2H3. The molecule has 0 amide bonds. The van der Waals surface area contributed by atoms with Gasteiger partial charge in [0.15, 0.2) is 9.76 Å². The van der Waals surface area contributed by atoms with Gasteiger partial charge in [0.1, 0.15) is 0 Å². The fourth-order valence-corrected chi connectivity index (χ4v) is 0.679. The lowest BCUT2D eigenvalue weighted by atomic mass is 10.2. The zero-order chi connectivity index (χ0) is 6.41. The molecule has 0 saturated carbocycles. The number of hydrogen-bond donors (Lipinski definition) is 1. The molecule has 0 aliphatic rings. The summed E-state index contributed by atoms with van der Waals surface area (Å²) in [6.45, 7) is 4.98. The van der Waals surface area contributed by atoms with Crippen LogP contribution in [0.25, 0.3) is 0 Å². The Morgan fingerprint density at radius 3 is 2.62 bits per heavy atom. The topological polar surface area (TPSA) is 29.5 Å². The SMILES string of the molecule is CC(C)COC[SiH2]O. The van der Waals surface area contributed by atoms with Gasteiger partial charge in [0, 0.05) is 6.61 Å². The molecule has 0 aromatic carbocycles. The lowest BCUT2D eigenvalue weighted by molar-refractivity contribution is 0.142. The van der Waals surface area contributed by atoms with Gasteiger partial charge in [0.25, 0.3) is 0 Å². The van der Waals surface area contributed by atoms with Crippen LogP contribution in [0.4, 0.5) is 0 Å². The van der Waals surface area contributed by atoms with E-state index in [-0.39, 0.29) is 0 Å². The molecule has 3 heteroatoms. The van der Waals surface area contributed by atoms with Gasteiger partial charge in [-0.3, -0.25) is 0 Å². The quantitative estimate of drug-likeness (QED) is 0.422. The van der Waals surface area contributed by atoms with Crippen LogP contribution in [0, 0.1) is 5.92 Å². The smallest absolute Gasteiger partial charge is 0.182 e. The zero-order valence-corrected chi connectivity index (χ0v) is 6.97. The summed E-state index contributed by atoms with van der Waals surface area (Å²) >= 11 is 0. The fraction of sp³-hybridized carbons (Fsp3) is 1.00. The van der Waals surface area contributed by atoms with Crippen LogP contribution >= 0.6 is 0 Å². The number of hydrogen-bond acceptors (Lipinski definition) is 2. The van der Waals surface area contributed by atoms with Crippen molar-refractivity contribution in [1.82, 2.24) is 0 Å². The third kappa shape index (κ3) is 6.14. The molecule has 8 heavy (non-hydrogen) atoms. The highest BCUT2D eigenvalue weighted by Crippen LogP contribution is 1.90. The van der Waals surface area contributed by atoms with E-state index in [1.807, 2.05) is 0 Å². The van der Waals surface area contributed by atoms with Gasteiger partial charge < -0.3 is 9.53 Å². The molecule has 0 aromatic rings. The van der Waals surface area contributed by atoms with Gasteiger partial charge in [0.2, 0.25) is 0 Å². The van der Waals surface area contributed by atoms with E-state index in [9.17, 15) is 0 Å². The third-order valence-electron chi connectivity index (χ3n) is 0.687. The average Bonchev–Trinajstić information content (AvgIpc) is 1.66. The molecule has 0 aromatic heterocycles. The summed E-state index contributed by atoms with van der Waals surface area (Å²) in [5.41, 5.74) is 0. The summed E-state index contributed by atoms with van der Waals surface area (Å²) in [4.78, 5) is 8.39. The minimum atomic E-state index is -0.851. The molecule has 2 nitrogen and oxygen atoms in total. The first kappa shape index (κ1) is 8.14. The summed E-state index contributed by atoms with van der Waals surface area (Å²) in [5, 5.41) is 0. The molecule has 0 aliphatic carbocycles. The Morgan fingerprint density at radius 2 is 2.25 bits per heavy atom. The van der Waals surface area contributed by atoms with Crippen LogP contribution in [-0.2, 0) is 4.74 Å². The Labute approximate surface area is 52.8 Å². The van der Waals surface area contributed by atoms with E-state index in [2.05, 4.69) is 13.8 Å². The van der Waals surface area contributed by atoms with Crippen LogP contribution in [0.15, 0.2) is 0 Å². The zero-order valence-electron chi connectivity index (χ0n) is 5.55. The van der Waals surface area contributed by atoms with Crippen molar-refractivity contribution in [3.8, 4) is 0 Å². The molecule has 0 atom stereocenters. The number of ether oxygens (including phenoxy) is 1. The molecule has 0 radical (unpaired) electrons. The predicted octanol–water partition coefficient (Wildman–Crippen LogP) is -0.307. The van der Waals surface area contributed by atoms with Crippen molar-refractivity contribution in [3.63, 3.8) is 0 Å². The minimum absolute atomic E-state index is 0.593. The highest BCUT2D eigenvalue weighted by atomic mass is 28.2. The maximum absolute atomic E-state index is 8.39. The van der Waals surface area contributed by atoms with Crippen molar-refractivity contribution in [3.05, 3.63) is 0 Å². The van der Waals surface area contributed by atoms with E-state index in [0.717, 1.165) is 6.61 Å². The monoisotopic (exact) mass is 134 g/mol. The van der Waals surface area contributed by atoms with E-state index in [4.69, 9.17) is 9.53 Å². The molecule has 0 heterocycles. The second-order valence-electron chi connectivity index (χ2n) is 2.19. The maximum Gasteiger partial charge on any atom is 0.182 e. The first-order valence-electron chi connectivity index (χ1n) is 2.96. The normalized spacial score (nSPS) is 12.0. The second kappa shape index (κ2) is 5.28. The average molecular weight is 134 g/mol. The first-order chi connectivity index (χ1) is 3.77. The Hall–Kier alpha value is 0.137. The molecular weight excluding hydrogens is 120 g/mol. The lowest BCUT2D eigenvalue weighted by Gasteiger charge is -2.02. The first-order valence-corrected chi connectivity index (χ1v) is 4.59. The summed E-state index contributed by atoms with van der Waals surface area (Å²) in [6, 6.07) is 0.